The number of anilines is 1. The molecule has 166 valence electrons. The van der Waals surface area contributed by atoms with Gasteiger partial charge in [0.05, 0.1) is 18.8 Å². The summed E-state index contributed by atoms with van der Waals surface area (Å²) in [5.74, 6) is 2.33. The van der Waals surface area contributed by atoms with Crippen LogP contribution in [0.2, 0.25) is 0 Å². The molecule has 1 aliphatic rings. The van der Waals surface area contributed by atoms with Crippen LogP contribution in [0, 0.1) is 13.8 Å². The lowest BCUT2D eigenvalue weighted by atomic mass is 9.98. The van der Waals surface area contributed by atoms with Crippen molar-refractivity contribution >= 4 is 17.2 Å². The molecule has 0 amide bonds. The van der Waals surface area contributed by atoms with Crippen molar-refractivity contribution in [2.45, 2.75) is 46.6 Å². The third kappa shape index (κ3) is 4.42. The zero-order chi connectivity index (χ0) is 22.7. The number of ether oxygens (including phenoxy) is 1. The van der Waals surface area contributed by atoms with Crippen molar-refractivity contribution in [2.24, 2.45) is 4.99 Å². The molecule has 1 unspecified atom stereocenters. The largest absolute Gasteiger partial charge is 0.491 e. The fraction of sp³-hybridized carbons (Fsp3) is 0.321. The lowest BCUT2D eigenvalue weighted by Crippen LogP contribution is -2.33. The topological polar surface area (TPSA) is 45.1 Å². The quantitative estimate of drug-likeness (QED) is 0.481. The first-order valence-electron chi connectivity index (χ1n) is 11.4. The Morgan fingerprint density at radius 2 is 1.72 bits per heavy atom. The van der Waals surface area contributed by atoms with Crippen LogP contribution in [0.15, 0.2) is 65.7 Å². The smallest absolute Gasteiger partial charge is 0.141 e. The van der Waals surface area contributed by atoms with E-state index in [1.807, 2.05) is 19.9 Å². The maximum Gasteiger partial charge on any atom is 0.141 e. The van der Waals surface area contributed by atoms with Crippen molar-refractivity contribution in [3.05, 3.63) is 88.5 Å². The van der Waals surface area contributed by atoms with Gasteiger partial charge in [0.25, 0.3) is 0 Å². The molecule has 0 saturated carbocycles. The molecule has 32 heavy (non-hydrogen) atoms. The van der Waals surface area contributed by atoms with Crippen LogP contribution < -0.4 is 9.64 Å². The van der Waals surface area contributed by atoms with E-state index >= 15 is 0 Å². The molecule has 3 aromatic rings. The van der Waals surface area contributed by atoms with Crippen LogP contribution in [0.1, 0.15) is 54.0 Å². The highest BCUT2D eigenvalue weighted by Crippen LogP contribution is 2.34. The van der Waals surface area contributed by atoms with Gasteiger partial charge in [0.15, 0.2) is 0 Å². The molecular weight excluding hydrogens is 396 g/mol. The van der Waals surface area contributed by atoms with E-state index < -0.39 is 0 Å². The molecule has 4 heteroatoms. The zero-order valence-electron chi connectivity index (χ0n) is 19.4. The van der Waals surface area contributed by atoms with Gasteiger partial charge in [-0.15, -0.1) is 0 Å². The van der Waals surface area contributed by atoms with Crippen LogP contribution >= 0.6 is 0 Å². The van der Waals surface area contributed by atoms with E-state index in [-0.39, 0.29) is 6.61 Å². The molecule has 3 aromatic carbocycles. The number of nitrogens with zero attached hydrogens (tertiary/aromatic N) is 2. The van der Waals surface area contributed by atoms with E-state index in [1.54, 1.807) is 0 Å². The Kier molecular flexibility index (Phi) is 6.61. The summed E-state index contributed by atoms with van der Waals surface area (Å²) >= 11 is 0. The van der Waals surface area contributed by atoms with Gasteiger partial charge < -0.3 is 14.7 Å². The molecule has 0 fully saturated rings. The Morgan fingerprint density at radius 1 is 1.03 bits per heavy atom. The number of rotatable bonds is 7. The number of hydrogen-bond donors (Lipinski definition) is 1. The number of para-hydroxylation sites is 1. The van der Waals surface area contributed by atoms with Crippen molar-refractivity contribution in [2.75, 3.05) is 18.1 Å². The van der Waals surface area contributed by atoms with E-state index in [4.69, 9.17) is 14.8 Å². The molecular formula is C28H32N2O2. The van der Waals surface area contributed by atoms with Crippen molar-refractivity contribution in [3.63, 3.8) is 0 Å². The normalized spacial score (nSPS) is 14.0. The van der Waals surface area contributed by atoms with E-state index in [0.717, 1.165) is 52.6 Å². The minimum atomic E-state index is 0.00451. The molecule has 4 nitrogen and oxygen atoms in total. The summed E-state index contributed by atoms with van der Waals surface area (Å²) in [4.78, 5) is 7.38. The summed E-state index contributed by atoms with van der Waals surface area (Å²) in [6.07, 6.45) is 1.13. The van der Waals surface area contributed by atoms with Crippen LogP contribution in [-0.2, 0) is 6.54 Å². The van der Waals surface area contributed by atoms with Crippen LogP contribution in [0.5, 0.6) is 5.75 Å². The SMILES string of the molecule is CCC(C)c1ccc(N2Cc3ccccc3N=C2c2cc(C)c(OCCO)c(C)c2)cc1. The highest BCUT2D eigenvalue weighted by molar-refractivity contribution is 6.12. The lowest BCUT2D eigenvalue weighted by molar-refractivity contribution is 0.200. The number of amidine groups is 1. The van der Waals surface area contributed by atoms with Gasteiger partial charge in [-0.1, -0.05) is 44.2 Å². The minimum Gasteiger partial charge on any atom is -0.491 e. The zero-order valence-corrected chi connectivity index (χ0v) is 19.4. The lowest BCUT2D eigenvalue weighted by Gasteiger charge is -2.31. The van der Waals surface area contributed by atoms with Crippen molar-refractivity contribution in [3.8, 4) is 5.75 Å². The molecule has 1 aliphatic heterocycles. The van der Waals surface area contributed by atoms with Gasteiger partial charge >= 0.3 is 0 Å². The van der Waals surface area contributed by atoms with E-state index in [0.29, 0.717) is 12.5 Å². The van der Waals surface area contributed by atoms with Crippen molar-refractivity contribution in [1.29, 1.82) is 0 Å². The minimum absolute atomic E-state index is 0.00451. The molecule has 0 spiro atoms. The number of benzene rings is 3. The van der Waals surface area contributed by atoms with Crippen LogP contribution in [-0.4, -0.2) is 24.2 Å². The van der Waals surface area contributed by atoms with E-state index in [1.165, 1.54) is 11.1 Å². The van der Waals surface area contributed by atoms with Gasteiger partial charge in [-0.25, -0.2) is 4.99 Å². The van der Waals surface area contributed by atoms with Gasteiger partial charge in [-0.05, 0) is 78.8 Å². The average Bonchev–Trinajstić information content (AvgIpc) is 2.82. The molecule has 0 saturated heterocycles. The van der Waals surface area contributed by atoms with Crippen LogP contribution in [0.3, 0.4) is 0 Å². The Bertz CT molecular complexity index is 1100. The number of fused-ring (bicyclic) bond motifs is 1. The second-order valence-electron chi connectivity index (χ2n) is 8.56. The average molecular weight is 429 g/mol. The molecule has 1 N–H and O–H groups in total. The summed E-state index contributed by atoms with van der Waals surface area (Å²) in [6, 6.07) is 21.5. The second kappa shape index (κ2) is 9.58. The summed E-state index contributed by atoms with van der Waals surface area (Å²) < 4.78 is 5.77. The molecule has 0 aromatic heterocycles. The Balaban J connectivity index is 1.77. The predicted molar refractivity (Wildman–Crippen MR) is 132 cm³/mol. The first kappa shape index (κ1) is 22.1. The Hall–Kier alpha value is -3.11. The Morgan fingerprint density at radius 3 is 2.38 bits per heavy atom. The molecule has 1 heterocycles. The summed E-state index contributed by atoms with van der Waals surface area (Å²) in [5.41, 5.74) is 7.90. The fourth-order valence-corrected chi connectivity index (χ4v) is 4.28. The van der Waals surface area contributed by atoms with Crippen molar-refractivity contribution < 1.29 is 9.84 Å². The van der Waals surface area contributed by atoms with Gasteiger partial charge in [-0.2, -0.15) is 0 Å². The molecule has 1 atom stereocenters. The highest BCUT2D eigenvalue weighted by atomic mass is 16.5. The number of aliphatic hydroxyl groups excluding tert-OH is 1. The number of aliphatic hydroxyl groups is 1. The van der Waals surface area contributed by atoms with Gasteiger partial charge in [0, 0.05) is 11.3 Å². The van der Waals surface area contributed by atoms with Gasteiger partial charge in [-0.3, -0.25) is 0 Å². The van der Waals surface area contributed by atoms with Crippen molar-refractivity contribution in [1.82, 2.24) is 0 Å². The molecule has 0 bridgehead atoms. The monoisotopic (exact) mass is 428 g/mol. The maximum atomic E-state index is 9.14. The number of hydrogen-bond acceptors (Lipinski definition) is 4. The standard InChI is InChI=1S/C28H32N2O2/c1-5-19(2)22-10-12-25(13-11-22)30-18-23-8-6-7-9-26(23)29-28(30)24-16-20(3)27(21(4)17-24)32-15-14-31/h6-13,16-17,19,31H,5,14-15,18H2,1-4H3. The first-order valence-corrected chi connectivity index (χ1v) is 11.4. The van der Waals surface area contributed by atoms with Gasteiger partial charge in [0.1, 0.15) is 18.2 Å². The summed E-state index contributed by atoms with van der Waals surface area (Å²) in [7, 11) is 0. The third-order valence-electron chi connectivity index (χ3n) is 6.24. The predicted octanol–water partition coefficient (Wildman–Crippen LogP) is 6.29. The van der Waals surface area contributed by atoms with Crippen LogP contribution in [0.4, 0.5) is 11.4 Å². The van der Waals surface area contributed by atoms with E-state index in [9.17, 15) is 0 Å². The highest BCUT2D eigenvalue weighted by Gasteiger charge is 2.24. The molecule has 0 aliphatic carbocycles. The fourth-order valence-electron chi connectivity index (χ4n) is 4.28. The summed E-state index contributed by atoms with van der Waals surface area (Å²) in [6.45, 7) is 9.67. The number of aryl methyl sites for hydroxylation is 2. The van der Waals surface area contributed by atoms with E-state index in [2.05, 4.69) is 73.3 Å². The number of aliphatic imine (C=N–C) groups is 1. The van der Waals surface area contributed by atoms with Gasteiger partial charge in [0.2, 0.25) is 0 Å². The first-order chi connectivity index (χ1) is 15.5. The third-order valence-corrected chi connectivity index (χ3v) is 6.24. The molecule has 0 radical (unpaired) electrons. The maximum absolute atomic E-state index is 9.14. The second-order valence-corrected chi connectivity index (χ2v) is 8.56. The summed E-state index contributed by atoms with van der Waals surface area (Å²) in [5, 5.41) is 9.14. The van der Waals surface area contributed by atoms with Crippen LogP contribution in [0.25, 0.3) is 0 Å². The Labute approximate surface area is 191 Å². The molecule has 4 rings (SSSR count).